The Balaban J connectivity index is 1.71. The van der Waals surface area contributed by atoms with Crippen molar-refractivity contribution in [2.75, 3.05) is 26.7 Å². The van der Waals surface area contributed by atoms with E-state index in [4.69, 9.17) is 4.74 Å². The van der Waals surface area contributed by atoms with Gasteiger partial charge in [-0.3, -0.25) is 0 Å². The molecular formula is C17H34N2O. The van der Waals surface area contributed by atoms with Crippen LogP contribution in [0.25, 0.3) is 0 Å². The van der Waals surface area contributed by atoms with E-state index in [0.717, 1.165) is 13.2 Å². The molecule has 2 saturated carbocycles. The van der Waals surface area contributed by atoms with E-state index in [9.17, 15) is 0 Å². The minimum atomic E-state index is 0.486. The highest BCUT2D eigenvalue weighted by molar-refractivity contribution is 5.09. The van der Waals surface area contributed by atoms with Gasteiger partial charge in [0.05, 0.1) is 6.10 Å². The summed E-state index contributed by atoms with van der Waals surface area (Å²) in [5.74, 6) is 0. The van der Waals surface area contributed by atoms with E-state index in [2.05, 4.69) is 38.0 Å². The van der Waals surface area contributed by atoms with Crippen LogP contribution >= 0.6 is 0 Å². The molecule has 2 aliphatic rings. The van der Waals surface area contributed by atoms with Crippen molar-refractivity contribution in [2.45, 2.75) is 77.5 Å². The quantitative estimate of drug-likeness (QED) is 0.693. The average molecular weight is 282 g/mol. The Morgan fingerprint density at radius 3 is 2.60 bits per heavy atom. The van der Waals surface area contributed by atoms with Crippen molar-refractivity contribution in [3.8, 4) is 0 Å². The zero-order valence-electron chi connectivity index (χ0n) is 14.0. The van der Waals surface area contributed by atoms with Gasteiger partial charge in [0.1, 0.15) is 0 Å². The van der Waals surface area contributed by atoms with Crippen LogP contribution in [0.1, 0.15) is 59.3 Å². The maximum Gasteiger partial charge on any atom is 0.0661 e. The van der Waals surface area contributed by atoms with E-state index in [1.54, 1.807) is 0 Å². The fourth-order valence-electron chi connectivity index (χ4n) is 4.04. The summed E-state index contributed by atoms with van der Waals surface area (Å²) in [5, 5.41) is 3.83. The van der Waals surface area contributed by atoms with Crippen molar-refractivity contribution >= 4 is 0 Å². The third-order valence-corrected chi connectivity index (χ3v) is 5.65. The van der Waals surface area contributed by atoms with Crippen molar-refractivity contribution in [1.29, 1.82) is 0 Å². The van der Waals surface area contributed by atoms with Gasteiger partial charge in [-0.2, -0.15) is 0 Å². The van der Waals surface area contributed by atoms with Gasteiger partial charge in [-0.15, -0.1) is 0 Å². The van der Waals surface area contributed by atoms with Crippen LogP contribution < -0.4 is 5.32 Å². The molecule has 2 atom stereocenters. The van der Waals surface area contributed by atoms with Crippen LogP contribution in [0.2, 0.25) is 0 Å². The first kappa shape index (κ1) is 16.3. The molecule has 0 heterocycles. The van der Waals surface area contributed by atoms with E-state index in [1.807, 2.05) is 0 Å². The number of rotatable bonds is 8. The maximum absolute atomic E-state index is 5.97. The second-order valence-electron chi connectivity index (χ2n) is 7.05. The van der Waals surface area contributed by atoms with Crippen molar-refractivity contribution in [2.24, 2.45) is 5.41 Å². The minimum absolute atomic E-state index is 0.486. The number of ether oxygens (including phenoxy) is 1. The van der Waals surface area contributed by atoms with E-state index < -0.39 is 0 Å². The summed E-state index contributed by atoms with van der Waals surface area (Å²) in [6.45, 7) is 9.88. The summed E-state index contributed by atoms with van der Waals surface area (Å²) in [7, 11) is 2.22. The standard InChI is InChI=1S/C17H34N2O/c1-5-20-16-13-15(17(16)9-6-7-10-17)18-11-8-12-19(4)14(2)3/h14-16,18H,5-13H2,1-4H3. The highest BCUT2D eigenvalue weighted by Crippen LogP contribution is 2.54. The summed E-state index contributed by atoms with van der Waals surface area (Å²) in [4.78, 5) is 2.43. The second-order valence-corrected chi connectivity index (χ2v) is 7.05. The second kappa shape index (κ2) is 7.24. The molecule has 2 unspecified atom stereocenters. The lowest BCUT2D eigenvalue weighted by Gasteiger charge is -2.54. The normalized spacial score (nSPS) is 28.5. The van der Waals surface area contributed by atoms with Crippen molar-refractivity contribution < 1.29 is 4.74 Å². The fraction of sp³-hybridized carbons (Fsp3) is 1.00. The Morgan fingerprint density at radius 1 is 1.30 bits per heavy atom. The predicted octanol–water partition coefficient (Wildman–Crippen LogP) is 3.04. The largest absolute Gasteiger partial charge is 0.378 e. The highest BCUT2D eigenvalue weighted by atomic mass is 16.5. The molecule has 1 spiro atoms. The van der Waals surface area contributed by atoms with Gasteiger partial charge in [-0.25, -0.2) is 0 Å². The lowest BCUT2D eigenvalue weighted by molar-refractivity contribution is -0.130. The first-order valence-electron chi connectivity index (χ1n) is 8.65. The molecule has 0 saturated heterocycles. The summed E-state index contributed by atoms with van der Waals surface area (Å²) < 4.78 is 5.97. The molecule has 0 bridgehead atoms. The van der Waals surface area contributed by atoms with Crippen LogP contribution in [0, 0.1) is 5.41 Å². The van der Waals surface area contributed by atoms with Crippen LogP contribution in [0.4, 0.5) is 0 Å². The van der Waals surface area contributed by atoms with E-state index in [0.29, 0.717) is 23.6 Å². The van der Waals surface area contributed by atoms with Crippen LogP contribution in [0.3, 0.4) is 0 Å². The lowest BCUT2D eigenvalue weighted by atomic mass is 9.60. The van der Waals surface area contributed by atoms with Crippen molar-refractivity contribution in [3.63, 3.8) is 0 Å². The Hall–Kier alpha value is -0.120. The molecule has 2 aliphatic carbocycles. The molecule has 0 radical (unpaired) electrons. The number of hydrogen-bond donors (Lipinski definition) is 1. The SMILES string of the molecule is CCOC1CC(NCCCN(C)C(C)C)C12CCCC2. The van der Waals surface area contributed by atoms with Gasteiger partial charge in [0.15, 0.2) is 0 Å². The Bertz CT molecular complexity index is 287. The minimum Gasteiger partial charge on any atom is -0.378 e. The summed E-state index contributed by atoms with van der Waals surface area (Å²) in [6.07, 6.45) is 8.57. The summed E-state index contributed by atoms with van der Waals surface area (Å²) in [6, 6.07) is 1.37. The van der Waals surface area contributed by atoms with Gasteiger partial charge in [-0.05, 0) is 66.6 Å². The molecule has 0 aliphatic heterocycles. The van der Waals surface area contributed by atoms with E-state index in [1.165, 1.54) is 45.1 Å². The Kier molecular flexibility index (Phi) is 5.88. The molecule has 3 heteroatoms. The molecule has 20 heavy (non-hydrogen) atoms. The molecule has 0 aromatic carbocycles. The average Bonchev–Trinajstić information content (AvgIpc) is 2.93. The van der Waals surface area contributed by atoms with Crippen LogP contribution in [-0.4, -0.2) is 49.8 Å². The van der Waals surface area contributed by atoms with Crippen LogP contribution in [0.5, 0.6) is 0 Å². The zero-order chi connectivity index (χ0) is 14.6. The fourth-order valence-corrected chi connectivity index (χ4v) is 4.04. The van der Waals surface area contributed by atoms with Crippen molar-refractivity contribution in [3.05, 3.63) is 0 Å². The monoisotopic (exact) mass is 282 g/mol. The smallest absolute Gasteiger partial charge is 0.0661 e. The third-order valence-electron chi connectivity index (χ3n) is 5.65. The van der Waals surface area contributed by atoms with E-state index in [-0.39, 0.29) is 0 Å². The number of nitrogens with zero attached hydrogens (tertiary/aromatic N) is 1. The number of nitrogens with one attached hydrogen (secondary N) is 1. The molecule has 1 N–H and O–H groups in total. The van der Waals surface area contributed by atoms with Gasteiger partial charge >= 0.3 is 0 Å². The van der Waals surface area contributed by atoms with Gasteiger partial charge in [0, 0.05) is 24.1 Å². The Labute approximate surface area is 125 Å². The molecule has 0 aromatic rings. The Morgan fingerprint density at radius 2 is 2.00 bits per heavy atom. The predicted molar refractivity (Wildman–Crippen MR) is 85.1 cm³/mol. The van der Waals surface area contributed by atoms with E-state index >= 15 is 0 Å². The molecule has 0 aromatic heterocycles. The summed E-state index contributed by atoms with van der Waals surface area (Å²) in [5.41, 5.74) is 0.486. The summed E-state index contributed by atoms with van der Waals surface area (Å²) >= 11 is 0. The molecule has 2 fully saturated rings. The molecular weight excluding hydrogens is 248 g/mol. The van der Waals surface area contributed by atoms with Crippen LogP contribution in [-0.2, 0) is 4.74 Å². The first-order valence-corrected chi connectivity index (χ1v) is 8.65. The van der Waals surface area contributed by atoms with Crippen molar-refractivity contribution in [1.82, 2.24) is 10.2 Å². The molecule has 118 valence electrons. The molecule has 0 amide bonds. The number of hydrogen-bond acceptors (Lipinski definition) is 3. The van der Waals surface area contributed by atoms with Gasteiger partial charge < -0.3 is 15.0 Å². The van der Waals surface area contributed by atoms with Crippen LogP contribution in [0.15, 0.2) is 0 Å². The molecule has 3 nitrogen and oxygen atoms in total. The van der Waals surface area contributed by atoms with Gasteiger partial charge in [0.25, 0.3) is 0 Å². The lowest BCUT2D eigenvalue weighted by Crippen LogP contribution is -2.62. The zero-order valence-corrected chi connectivity index (χ0v) is 14.0. The van der Waals surface area contributed by atoms with Gasteiger partial charge in [0.2, 0.25) is 0 Å². The topological polar surface area (TPSA) is 24.5 Å². The third kappa shape index (κ3) is 3.37. The first-order chi connectivity index (χ1) is 9.60. The molecule has 2 rings (SSSR count). The highest BCUT2D eigenvalue weighted by Gasteiger charge is 2.56. The van der Waals surface area contributed by atoms with Gasteiger partial charge in [-0.1, -0.05) is 12.8 Å². The maximum atomic E-state index is 5.97.